The molecule has 1 heterocycles. The number of anilines is 1. The van der Waals surface area contributed by atoms with Gasteiger partial charge in [-0.2, -0.15) is 0 Å². The minimum absolute atomic E-state index is 0.0276. The Kier molecular flexibility index (Phi) is 4.22. The number of nitro groups is 1. The Morgan fingerprint density at radius 3 is 2.56 bits per heavy atom. The molecule has 0 saturated carbocycles. The lowest BCUT2D eigenvalue weighted by Gasteiger charge is -2.23. The Balaban J connectivity index is 2.06. The van der Waals surface area contributed by atoms with Gasteiger partial charge < -0.3 is 9.64 Å². The van der Waals surface area contributed by atoms with Gasteiger partial charge >= 0.3 is 5.97 Å². The minimum atomic E-state index is -0.729. The third-order valence-corrected chi connectivity index (χ3v) is 4.22. The molecular formula is C18H16N2O5. The zero-order chi connectivity index (χ0) is 18.1. The van der Waals surface area contributed by atoms with E-state index in [0.29, 0.717) is 6.42 Å². The maximum absolute atomic E-state index is 13.0. The van der Waals surface area contributed by atoms with Crippen LogP contribution in [0, 0.1) is 10.1 Å². The first-order valence-electron chi connectivity index (χ1n) is 7.71. The summed E-state index contributed by atoms with van der Waals surface area (Å²) in [7, 11) is 1.18. The third kappa shape index (κ3) is 2.96. The van der Waals surface area contributed by atoms with Gasteiger partial charge in [0.05, 0.1) is 17.6 Å². The van der Waals surface area contributed by atoms with E-state index in [1.807, 2.05) is 31.2 Å². The van der Waals surface area contributed by atoms with Gasteiger partial charge in [-0.1, -0.05) is 18.2 Å². The van der Waals surface area contributed by atoms with Crippen LogP contribution in [0.5, 0.6) is 0 Å². The van der Waals surface area contributed by atoms with E-state index in [9.17, 15) is 19.7 Å². The van der Waals surface area contributed by atoms with Crippen LogP contribution in [-0.2, 0) is 11.2 Å². The lowest BCUT2D eigenvalue weighted by atomic mass is 10.1. The minimum Gasteiger partial charge on any atom is -0.465 e. The Morgan fingerprint density at radius 1 is 1.20 bits per heavy atom. The molecule has 1 aliphatic rings. The number of ether oxygens (including phenoxy) is 1. The molecular weight excluding hydrogens is 324 g/mol. The average molecular weight is 340 g/mol. The van der Waals surface area contributed by atoms with Crippen molar-refractivity contribution < 1.29 is 19.2 Å². The molecule has 3 rings (SSSR count). The first kappa shape index (κ1) is 16.6. The summed E-state index contributed by atoms with van der Waals surface area (Å²) in [6.45, 7) is 1.91. The number of esters is 1. The number of carbonyl (C=O) groups is 2. The van der Waals surface area contributed by atoms with Gasteiger partial charge in [0.1, 0.15) is 0 Å². The molecule has 128 valence electrons. The van der Waals surface area contributed by atoms with E-state index in [-0.39, 0.29) is 28.8 Å². The van der Waals surface area contributed by atoms with Crippen LogP contribution < -0.4 is 4.90 Å². The number of nitrogens with zero attached hydrogens (tertiary/aromatic N) is 2. The topological polar surface area (TPSA) is 89.8 Å². The lowest BCUT2D eigenvalue weighted by Crippen LogP contribution is -2.35. The summed E-state index contributed by atoms with van der Waals surface area (Å²) in [5, 5.41) is 11.2. The Morgan fingerprint density at radius 2 is 1.88 bits per heavy atom. The molecule has 0 fully saturated rings. The van der Waals surface area contributed by atoms with Gasteiger partial charge in [0.25, 0.3) is 11.6 Å². The van der Waals surface area contributed by atoms with E-state index in [1.165, 1.54) is 19.2 Å². The van der Waals surface area contributed by atoms with E-state index < -0.39 is 10.9 Å². The van der Waals surface area contributed by atoms with Crippen molar-refractivity contribution >= 4 is 23.3 Å². The van der Waals surface area contributed by atoms with Crippen LogP contribution in [0.4, 0.5) is 11.4 Å². The maximum Gasteiger partial charge on any atom is 0.338 e. The number of amides is 1. The van der Waals surface area contributed by atoms with E-state index in [1.54, 1.807) is 4.90 Å². The van der Waals surface area contributed by atoms with Crippen LogP contribution in [0.25, 0.3) is 0 Å². The highest BCUT2D eigenvalue weighted by atomic mass is 16.6. The number of nitro benzene ring substituents is 1. The average Bonchev–Trinajstić information content (AvgIpc) is 2.95. The van der Waals surface area contributed by atoms with Crippen LogP contribution in [0.1, 0.15) is 33.2 Å². The normalized spacial score (nSPS) is 15.6. The SMILES string of the molecule is COC(=O)c1cc(C(=O)N2c3ccccc3CC2C)cc([N+](=O)[O-])c1. The standard InChI is InChI=1S/C18H16N2O5/c1-11-7-12-5-3-4-6-16(12)19(11)17(21)13-8-14(18(22)25-2)10-15(9-13)20(23)24/h3-6,8-11H,7H2,1-2H3. The summed E-state index contributed by atoms with van der Waals surface area (Å²) in [6.07, 6.45) is 0.709. The fraction of sp³-hybridized carbons (Fsp3) is 0.222. The second-order valence-corrected chi connectivity index (χ2v) is 5.87. The van der Waals surface area contributed by atoms with Crippen molar-refractivity contribution in [3.05, 3.63) is 69.3 Å². The molecule has 1 atom stereocenters. The molecule has 7 heteroatoms. The largest absolute Gasteiger partial charge is 0.465 e. The highest BCUT2D eigenvalue weighted by Gasteiger charge is 2.32. The summed E-state index contributed by atoms with van der Waals surface area (Å²) in [5.74, 6) is -1.11. The summed E-state index contributed by atoms with van der Waals surface area (Å²) in [5.41, 5.74) is 1.55. The van der Waals surface area contributed by atoms with Gasteiger partial charge in [-0.25, -0.2) is 4.79 Å². The van der Waals surface area contributed by atoms with Crippen molar-refractivity contribution in [3.63, 3.8) is 0 Å². The molecule has 1 amide bonds. The molecule has 2 aromatic carbocycles. The fourth-order valence-electron chi connectivity index (χ4n) is 3.09. The van der Waals surface area contributed by atoms with Crippen LogP contribution >= 0.6 is 0 Å². The number of fused-ring (bicyclic) bond motifs is 1. The molecule has 7 nitrogen and oxygen atoms in total. The predicted molar refractivity (Wildman–Crippen MR) is 90.9 cm³/mol. The van der Waals surface area contributed by atoms with E-state index in [2.05, 4.69) is 4.74 Å². The highest BCUT2D eigenvalue weighted by Crippen LogP contribution is 2.33. The van der Waals surface area contributed by atoms with Crippen LogP contribution in [0.3, 0.4) is 0 Å². The molecule has 25 heavy (non-hydrogen) atoms. The van der Waals surface area contributed by atoms with Gasteiger partial charge in [0, 0.05) is 29.4 Å². The van der Waals surface area contributed by atoms with Crippen molar-refractivity contribution in [2.45, 2.75) is 19.4 Å². The molecule has 0 spiro atoms. The molecule has 1 unspecified atom stereocenters. The molecule has 0 radical (unpaired) electrons. The number of para-hydroxylation sites is 1. The Hall–Kier alpha value is -3.22. The zero-order valence-electron chi connectivity index (χ0n) is 13.8. The molecule has 0 aliphatic carbocycles. The van der Waals surface area contributed by atoms with Crippen molar-refractivity contribution in [3.8, 4) is 0 Å². The monoisotopic (exact) mass is 340 g/mol. The van der Waals surface area contributed by atoms with Crippen LogP contribution in [0.15, 0.2) is 42.5 Å². The summed E-state index contributed by atoms with van der Waals surface area (Å²) >= 11 is 0. The quantitative estimate of drug-likeness (QED) is 0.487. The van der Waals surface area contributed by atoms with E-state index >= 15 is 0 Å². The van der Waals surface area contributed by atoms with Crippen molar-refractivity contribution in [1.82, 2.24) is 0 Å². The number of rotatable bonds is 3. The Bertz CT molecular complexity index is 878. The molecule has 0 N–H and O–H groups in total. The summed E-state index contributed by atoms with van der Waals surface area (Å²) < 4.78 is 4.62. The number of hydrogen-bond donors (Lipinski definition) is 0. The number of methoxy groups -OCH3 is 1. The van der Waals surface area contributed by atoms with Crippen molar-refractivity contribution in [2.75, 3.05) is 12.0 Å². The molecule has 0 bridgehead atoms. The summed E-state index contributed by atoms with van der Waals surface area (Å²) in [4.78, 5) is 36.9. The van der Waals surface area contributed by atoms with Gasteiger partial charge in [0.15, 0.2) is 0 Å². The molecule has 0 saturated heterocycles. The van der Waals surface area contributed by atoms with Crippen molar-refractivity contribution in [1.29, 1.82) is 0 Å². The first-order valence-corrected chi connectivity index (χ1v) is 7.71. The molecule has 1 aliphatic heterocycles. The lowest BCUT2D eigenvalue weighted by molar-refractivity contribution is -0.384. The number of benzene rings is 2. The van der Waals surface area contributed by atoms with Gasteiger partial charge in [0.2, 0.25) is 0 Å². The first-order chi connectivity index (χ1) is 11.9. The van der Waals surface area contributed by atoms with E-state index in [0.717, 1.165) is 17.3 Å². The number of carbonyl (C=O) groups excluding carboxylic acids is 2. The van der Waals surface area contributed by atoms with Crippen LogP contribution in [0.2, 0.25) is 0 Å². The van der Waals surface area contributed by atoms with Gasteiger partial charge in [-0.05, 0) is 31.0 Å². The second-order valence-electron chi connectivity index (χ2n) is 5.87. The third-order valence-electron chi connectivity index (χ3n) is 4.22. The van der Waals surface area contributed by atoms with Gasteiger partial charge in [-0.15, -0.1) is 0 Å². The maximum atomic E-state index is 13.0. The smallest absolute Gasteiger partial charge is 0.338 e. The molecule has 0 aromatic heterocycles. The fourth-order valence-corrected chi connectivity index (χ4v) is 3.09. The van der Waals surface area contributed by atoms with Crippen molar-refractivity contribution in [2.24, 2.45) is 0 Å². The van der Waals surface area contributed by atoms with E-state index in [4.69, 9.17) is 0 Å². The number of hydrogen-bond acceptors (Lipinski definition) is 5. The van der Waals surface area contributed by atoms with Crippen LogP contribution in [-0.4, -0.2) is 30.0 Å². The highest BCUT2D eigenvalue weighted by molar-refractivity contribution is 6.09. The van der Waals surface area contributed by atoms with Gasteiger partial charge in [-0.3, -0.25) is 14.9 Å². The number of non-ortho nitro benzene ring substituents is 1. The molecule has 2 aromatic rings. The summed E-state index contributed by atoms with van der Waals surface area (Å²) in [6, 6.07) is 11.1. The zero-order valence-corrected chi connectivity index (χ0v) is 13.8. The predicted octanol–water partition coefficient (Wildman–Crippen LogP) is 2.97. The second kappa shape index (κ2) is 6.35. The Labute approximate surface area is 144 Å².